The summed E-state index contributed by atoms with van der Waals surface area (Å²) in [6.45, 7) is 2.90. The van der Waals surface area contributed by atoms with E-state index < -0.39 is 0 Å². The molecule has 0 aromatic carbocycles. The molecule has 0 heterocycles. The van der Waals surface area contributed by atoms with Crippen molar-refractivity contribution in [1.82, 2.24) is 0 Å². The molecule has 0 spiro atoms. The Morgan fingerprint density at radius 2 is 2.20 bits per heavy atom. The van der Waals surface area contributed by atoms with E-state index in [1.165, 1.54) is 0 Å². The van der Waals surface area contributed by atoms with E-state index in [0.717, 1.165) is 0 Å². The highest BCUT2D eigenvalue weighted by molar-refractivity contribution is 4.89. The number of rotatable bonds is 4. The van der Waals surface area contributed by atoms with Gasteiger partial charge in [0.2, 0.25) is 0 Å². The molecule has 58 valence electrons. The van der Waals surface area contributed by atoms with Crippen molar-refractivity contribution in [2.45, 2.75) is 6.92 Å². The van der Waals surface area contributed by atoms with Gasteiger partial charge in [-0.05, 0) is 12.8 Å². The summed E-state index contributed by atoms with van der Waals surface area (Å²) in [5.41, 5.74) is 0. The lowest BCUT2D eigenvalue weighted by Gasteiger charge is -1.97. The molecule has 0 aliphatic rings. The summed E-state index contributed by atoms with van der Waals surface area (Å²) in [6.07, 6.45) is 1.95. The van der Waals surface area contributed by atoms with Gasteiger partial charge in [-0.3, -0.25) is 4.89 Å². The number of hydrogen-bond acceptors (Lipinski definition) is 4. The molecule has 0 aliphatic carbocycles. The molecule has 4 heteroatoms. The van der Waals surface area contributed by atoms with E-state index in [4.69, 9.17) is 14.7 Å². The molecule has 0 unspecified atom stereocenters. The van der Waals surface area contributed by atoms with Gasteiger partial charge in [0.05, 0.1) is 0 Å². The predicted molar refractivity (Wildman–Crippen MR) is 33.9 cm³/mol. The first-order valence-electron chi connectivity index (χ1n) is 2.85. The second-order valence-electron chi connectivity index (χ2n) is 1.33. The molecule has 0 aromatic heterocycles. The van der Waals surface area contributed by atoms with E-state index in [-0.39, 0.29) is 13.4 Å². The van der Waals surface area contributed by atoms with E-state index in [1.54, 1.807) is 0 Å². The monoisotopic (exact) mass is 146 g/mol. The predicted octanol–water partition coefficient (Wildman–Crippen LogP) is 0.448. The van der Waals surface area contributed by atoms with Crippen LogP contribution >= 0.6 is 0 Å². The molecule has 0 amide bonds. The van der Waals surface area contributed by atoms with Crippen LogP contribution in [0.1, 0.15) is 6.92 Å². The third-order valence-corrected chi connectivity index (χ3v) is 0.663. The third kappa shape index (κ3) is 7.24. The minimum absolute atomic E-state index is 0.195. The molecule has 4 nitrogen and oxygen atoms in total. The zero-order valence-electron chi connectivity index (χ0n) is 5.79. The van der Waals surface area contributed by atoms with E-state index in [1.807, 2.05) is 13.0 Å². The average Bonchev–Trinajstić information content (AvgIpc) is 1.97. The average molecular weight is 146 g/mol. The first kappa shape index (κ1) is 9.24. The van der Waals surface area contributed by atoms with Crippen molar-refractivity contribution in [2.24, 2.45) is 0 Å². The Morgan fingerprint density at radius 3 is 2.80 bits per heavy atom. The summed E-state index contributed by atoms with van der Waals surface area (Å²) >= 11 is 0. The van der Waals surface area contributed by atoms with Gasteiger partial charge in [0.15, 0.2) is 6.11 Å². The van der Waals surface area contributed by atoms with Crippen LogP contribution in [0, 0.1) is 12.0 Å². The van der Waals surface area contributed by atoms with Crippen molar-refractivity contribution in [3.8, 4) is 12.0 Å². The largest absolute Gasteiger partial charge is 0.356 e. The molecular formula is C6H10O4. The smallest absolute Gasteiger partial charge is 0.159 e. The van der Waals surface area contributed by atoms with Gasteiger partial charge < -0.3 is 9.47 Å². The lowest BCUT2D eigenvalue weighted by molar-refractivity contribution is -0.172. The van der Waals surface area contributed by atoms with Crippen LogP contribution in [-0.4, -0.2) is 25.3 Å². The molecule has 0 saturated heterocycles. The molecule has 0 bridgehead atoms. The lowest BCUT2D eigenvalue weighted by Crippen LogP contribution is -1.99. The molecule has 0 atom stereocenters. The molecule has 0 aliphatic heterocycles. The fourth-order valence-corrected chi connectivity index (χ4v) is 0.297. The van der Waals surface area contributed by atoms with Crippen LogP contribution in [-0.2, 0) is 14.4 Å². The Morgan fingerprint density at radius 1 is 1.40 bits per heavy atom. The van der Waals surface area contributed by atoms with Crippen molar-refractivity contribution < 1.29 is 19.6 Å². The zero-order chi connectivity index (χ0) is 7.66. The van der Waals surface area contributed by atoms with Crippen molar-refractivity contribution >= 4 is 0 Å². The van der Waals surface area contributed by atoms with Gasteiger partial charge in [-0.15, -0.1) is 0 Å². The highest BCUT2D eigenvalue weighted by atomic mass is 17.1. The van der Waals surface area contributed by atoms with E-state index in [0.29, 0.717) is 6.61 Å². The standard InChI is InChI=1S/C6H10O4/c1-2-8-6-9-4-3-5-10-7/h7H,2,4,6H2,1H3. The number of hydrogen-bond donors (Lipinski definition) is 1. The molecular weight excluding hydrogens is 136 g/mol. The Balaban J connectivity index is 2.90. The topological polar surface area (TPSA) is 47.9 Å². The molecule has 0 radical (unpaired) electrons. The van der Waals surface area contributed by atoms with Crippen LogP contribution in [0.4, 0.5) is 0 Å². The summed E-state index contributed by atoms with van der Waals surface area (Å²) in [7, 11) is 0. The van der Waals surface area contributed by atoms with Gasteiger partial charge in [-0.25, -0.2) is 0 Å². The highest BCUT2D eigenvalue weighted by Gasteiger charge is 1.80. The fourth-order valence-electron chi connectivity index (χ4n) is 0.297. The Bertz CT molecular complexity index is 113. The first-order valence-corrected chi connectivity index (χ1v) is 2.85. The second kappa shape index (κ2) is 8.24. The van der Waals surface area contributed by atoms with Crippen LogP contribution < -0.4 is 0 Å². The van der Waals surface area contributed by atoms with Gasteiger partial charge in [0.1, 0.15) is 13.4 Å². The molecule has 10 heavy (non-hydrogen) atoms. The quantitative estimate of drug-likeness (QED) is 0.205. The summed E-state index contributed by atoms with van der Waals surface area (Å²) in [5.74, 6) is 2.37. The van der Waals surface area contributed by atoms with Crippen molar-refractivity contribution in [2.75, 3.05) is 20.0 Å². The van der Waals surface area contributed by atoms with Crippen LogP contribution in [0.25, 0.3) is 0 Å². The molecule has 0 aromatic rings. The van der Waals surface area contributed by atoms with E-state index in [2.05, 4.69) is 10.8 Å². The maximum atomic E-state index is 7.71. The zero-order valence-corrected chi connectivity index (χ0v) is 5.79. The van der Waals surface area contributed by atoms with Gasteiger partial charge in [0, 0.05) is 6.61 Å². The Kier molecular flexibility index (Phi) is 7.61. The summed E-state index contributed by atoms with van der Waals surface area (Å²) in [6, 6.07) is 0. The second-order valence-corrected chi connectivity index (χ2v) is 1.33. The maximum Gasteiger partial charge on any atom is 0.159 e. The maximum absolute atomic E-state index is 7.71. The summed E-state index contributed by atoms with van der Waals surface area (Å²) in [4.78, 5) is 3.47. The normalized spacial score (nSPS) is 8.20. The van der Waals surface area contributed by atoms with Crippen LogP contribution in [0.3, 0.4) is 0 Å². The highest BCUT2D eigenvalue weighted by Crippen LogP contribution is 1.75. The first-order chi connectivity index (χ1) is 4.91. The minimum Gasteiger partial charge on any atom is -0.356 e. The van der Waals surface area contributed by atoms with Crippen molar-refractivity contribution in [3.05, 3.63) is 0 Å². The van der Waals surface area contributed by atoms with E-state index >= 15 is 0 Å². The Labute approximate surface area is 59.6 Å². The SMILES string of the molecule is CCOCOCC#COO. The summed E-state index contributed by atoms with van der Waals surface area (Å²) < 4.78 is 9.61. The summed E-state index contributed by atoms with van der Waals surface area (Å²) in [5, 5.41) is 7.71. The van der Waals surface area contributed by atoms with Crippen LogP contribution in [0.2, 0.25) is 0 Å². The molecule has 0 fully saturated rings. The van der Waals surface area contributed by atoms with Gasteiger partial charge in [-0.2, -0.15) is 5.26 Å². The lowest BCUT2D eigenvalue weighted by atomic mass is 10.7. The fraction of sp³-hybridized carbons (Fsp3) is 0.667. The van der Waals surface area contributed by atoms with E-state index in [9.17, 15) is 0 Å². The molecule has 0 rings (SSSR count). The van der Waals surface area contributed by atoms with Crippen molar-refractivity contribution in [3.63, 3.8) is 0 Å². The Hall–Kier alpha value is -0.760. The minimum atomic E-state index is 0.195. The van der Waals surface area contributed by atoms with Gasteiger partial charge >= 0.3 is 0 Å². The third-order valence-electron chi connectivity index (χ3n) is 0.663. The van der Waals surface area contributed by atoms with Crippen molar-refractivity contribution in [1.29, 1.82) is 0 Å². The van der Waals surface area contributed by atoms with Gasteiger partial charge in [0.25, 0.3) is 0 Å². The molecule has 0 saturated carbocycles. The molecule has 1 N–H and O–H groups in total. The van der Waals surface area contributed by atoms with Crippen LogP contribution in [0.15, 0.2) is 0 Å². The van der Waals surface area contributed by atoms with Gasteiger partial charge in [-0.1, -0.05) is 0 Å². The van der Waals surface area contributed by atoms with Crippen LogP contribution in [0.5, 0.6) is 0 Å². The number of ether oxygens (including phenoxy) is 2.